The highest BCUT2D eigenvalue weighted by Crippen LogP contribution is 2.24. The van der Waals surface area contributed by atoms with Crippen LogP contribution in [0.2, 0.25) is 0 Å². The lowest BCUT2D eigenvalue weighted by atomic mass is 10.1. The Hall–Kier alpha value is -1.72. The predicted octanol–water partition coefficient (Wildman–Crippen LogP) is 2.64. The molecule has 0 spiro atoms. The van der Waals surface area contributed by atoms with Gasteiger partial charge in [0, 0.05) is 6.07 Å². The largest absolute Gasteiger partial charge is 0.456 e. The fourth-order valence-corrected chi connectivity index (χ4v) is 1.13. The molecule has 17 heavy (non-hydrogen) atoms. The normalized spacial score (nSPS) is 11.4. The van der Waals surface area contributed by atoms with Crippen LogP contribution in [0.15, 0.2) is 6.07 Å². The highest BCUT2D eigenvalue weighted by molar-refractivity contribution is 5.91. The monoisotopic (exact) mass is 247 g/mol. The summed E-state index contributed by atoms with van der Waals surface area (Å²) in [7, 11) is 0. The lowest BCUT2D eigenvalue weighted by Crippen LogP contribution is -2.25. The van der Waals surface area contributed by atoms with E-state index in [2.05, 4.69) is 0 Å². The maximum Gasteiger partial charge on any atom is 0.344 e. The summed E-state index contributed by atoms with van der Waals surface area (Å²) in [4.78, 5) is 11.5. The van der Waals surface area contributed by atoms with Gasteiger partial charge in [-0.2, -0.15) is 0 Å². The van der Waals surface area contributed by atoms with E-state index in [4.69, 9.17) is 10.5 Å². The number of carbonyl (C=O) groups excluding carboxylic acids is 1. The van der Waals surface area contributed by atoms with Gasteiger partial charge >= 0.3 is 5.97 Å². The van der Waals surface area contributed by atoms with Crippen molar-refractivity contribution in [3.8, 4) is 0 Å². The molecule has 0 aliphatic rings. The molecule has 6 heteroatoms. The van der Waals surface area contributed by atoms with E-state index in [0.29, 0.717) is 6.07 Å². The molecule has 1 rings (SSSR count). The number of esters is 1. The van der Waals surface area contributed by atoms with E-state index in [0.717, 1.165) is 0 Å². The molecule has 0 unspecified atom stereocenters. The van der Waals surface area contributed by atoms with Crippen molar-refractivity contribution in [1.29, 1.82) is 0 Å². The number of hydrogen-bond donors (Lipinski definition) is 1. The highest BCUT2D eigenvalue weighted by Gasteiger charge is 2.27. The Kier molecular flexibility index (Phi) is 3.35. The van der Waals surface area contributed by atoms with Gasteiger partial charge in [0.2, 0.25) is 0 Å². The quantitative estimate of drug-likeness (QED) is 0.471. The Bertz CT molecular complexity index is 441. The summed E-state index contributed by atoms with van der Waals surface area (Å²) in [5, 5.41) is 0. The first kappa shape index (κ1) is 13.3. The summed E-state index contributed by atoms with van der Waals surface area (Å²) in [5.74, 6) is -5.62. The molecule has 0 bridgehead atoms. The van der Waals surface area contributed by atoms with Crippen molar-refractivity contribution < 1.29 is 22.7 Å². The van der Waals surface area contributed by atoms with E-state index in [9.17, 15) is 18.0 Å². The lowest BCUT2D eigenvalue weighted by Gasteiger charge is -2.20. The van der Waals surface area contributed by atoms with E-state index in [1.165, 1.54) is 20.8 Å². The zero-order chi connectivity index (χ0) is 13.4. The topological polar surface area (TPSA) is 52.3 Å². The lowest BCUT2D eigenvalue weighted by molar-refractivity contribution is 0.00585. The number of nitrogens with two attached hydrogens (primary N) is 1. The van der Waals surface area contributed by atoms with Crippen molar-refractivity contribution in [2.24, 2.45) is 0 Å². The van der Waals surface area contributed by atoms with Crippen molar-refractivity contribution >= 4 is 11.7 Å². The Morgan fingerprint density at radius 2 is 1.76 bits per heavy atom. The van der Waals surface area contributed by atoms with Crippen molar-refractivity contribution in [2.45, 2.75) is 26.4 Å². The average Bonchev–Trinajstić information content (AvgIpc) is 2.12. The second kappa shape index (κ2) is 4.27. The zero-order valence-electron chi connectivity index (χ0n) is 9.61. The first-order chi connectivity index (χ1) is 7.63. The summed E-state index contributed by atoms with van der Waals surface area (Å²) in [6.45, 7) is 4.55. The van der Waals surface area contributed by atoms with Crippen LogP contribution in [0, 0.1) is 17.5 Å². The van der Waals surface area contributed by atoms with Crippen molar-refractivity contribution in [3.63, 3.8) is 0 Å². The molecule has 3 nitrogen and oxygen atoms in total. The molecule has 0 saturated carbocycles. The number of nitrogen functional groups attached to an aromatic ring is 1. The summed E-state index contributed by atoms with van der Waals surface area (Å²) >= 11 is 0. The number of ether oxygens (including phenoxy) is 1. The molecule has 0 heterocycles. The molecule has 2 N–H and O–H groups in total. The highest BCUT2D eigenvalue weighted by atomic mass is 19.2. The maximum atomic E-state index is 13.4. The zero-order valence-corrected chi connectivity index (χ0v) is 9.61. The number of rotatable bonds is 1. The van der Waals surface area contributed by atoms with Gasteiger partial charge in [-0.1, -0.05) is 0 Å². The SMILES string of the molecule is CC(C)(C)OC(=O)c1c(F)c(N)cc(F)c1F. The summed E-state index contributed by atoms with van der Waals surface area (Å²) in [6, 6.07) is 0.471. The van der Waals surface area contributed by atoms with Gasteiger partial charge in [-0.15, -0.1) is 0 Å². The van der Waals surface area contributed by atoms with Gasteiger partial charge in [0.25, 0.3) is 0 Å². The second-order valence-electron chi connectivity index (χ2n) is 4.45. The third-order valence-corrected chi connectivity index (χ3v) is 1.79. The average molecular weight is 247 g/mol. The number of halogens is 3. The number of carbonyl (C=O) groups is 1. The molecule has 0 radical (unpaired) electrons. The van der Waals surface area contributed by atoms with E-state index >= 15 is 0 Å². The van der Waals surface area contributed by atoms with Gasteiger partial charge in [0.05, 0.1) is 5.69 Å². The van der Waals surface area contributed by atoms with Gasteiger partial charge in [0.1, 0.15) is 11.2 Å². The molecular weight excluding hydrogens is 235 g/mol. The fraction of sp³-hybridized carbons (Fsp3) is 0.364. The van der Waals surface area contributed by atoms with Crippen LogP contribution in [0.25, 0.3) is 0 Å². The molecule has 0 aromatic heterocycles. The fourth-order valence-electron chi connectivity index (χ4n) is 1.13. The molecule has 1 aromatic rings. The van der Waals surface area contributed by atoms with Crippen molar-refractivity contribution in [2.75, 3.05) is 5.73 Å². The van der Waals surface area contributed by atoms with Gasteiger partial charge in [-0.25, -0.2) is 18.0 Å². The van der Waals surface area contributed by atoms with Crippen LogP contribution >= 0.6 is 0 Å². The van der Waals surface area contributed by atoms with Crippen LogP contribution in [0.4, 0.5) is 18.9 Å². The van der Waals surface area contributed by atoms with E-state index in [-0.39, 0.29) is 0 Å². The van der Waals surface area contributed by atoms with Crippen LogP contribution in [-0.4, -0.2) is 11.6 Å². The molecular formula is C11H12F3NO2. The van der Waals surface area contributed by atoms with E-state index in [1.54, 1.807) is 0 Å². The molecule has 0 aliphatic carbocycles. The minimum atomic E-state index is -1.61. The first-order valence-corrected chi connectivity index (χ1v) is 4.80. The maximum absolute atomic E-state index is 13.4. The van der Waals surface area contributed by atoms with Gasteiger partial charge in [0.15, 0.2) is 17.5 Å². The van der Waals surface area contributed by atoms with Crippen LogP contribution in [-0.2, 0) is 4.74 Å². The standard InChI is InChI=1S/C11H12F3NO2/c1-11(2,3)17-10(16)7-8(13)5(12)4-6(15)9(7)14/h4H,15H2,1-3H3. The van der Waals surface area contributed by atoms with Gasteiger partial charge in [-0.3, -0.25) is 0 Å². The summed E-state index contributed by atoms with van der Waals surface area (Å²) in [6.07, 6.45) is 0. The molecule has 1 aromatic carbocycles. The number of benzene rings is 1. The van der Waals surface area contributed by atoms with Gasteiger partial charge in [-0.05, 0) is 20.8 Å². The number of hydrogen-bond acceptors (Lipinski definition) is 3. The predicted molar refractivity (Wildman–Crippen MR) is 55.9 cm³/mol. The molecule has 0 aliphatic heterocycles. The summed E-state index contributed by atoms with van der Waals surface area (Å²) < 4.78 is 44.5. The first-order valence-electron chi connectivity index (χ1n) is 4.80. The molecule has 94 valence electrons. The van der Waals surface area contributed by atoms with E-state index in [1.807, 2.05) is 0 Å². The number of anilines is 1. The third kappa shape index (κ3) is 2.89. The minimum Gasteiger partial charge on any atom is -0.456 e. The minimum absolute atomic E-state index is 0.471. The third-order valence-electron chi connectivity index (χ3n) is 1.79. The van der Waals surface area contributed by atoms with Crippen molar-refractivity contribution in [1.82, 2.24) is 0 Å². The van der Waals surface area contributed by atoms with E-state index < -0.39 is 40.3 Å². The summed E-state index contributed by atoms with van der Waals surface area (Å²) in [5.41, 5.74) is 2.39. The smallest absolute Gasteiger partial charge is 0.344 e. The Labute approximate surface area is 96.4 Å². The molecule has 0 fully saturated rings. The Morgan fingerprint density at radius 3 is 2.24 bits per heavy atom. The molecule has 0 atom stereocenters. The van der Waals surface area contributed by atoms with Gasteiger partial charge < -0.3 is 10.5 Å². The molecule has 0 amide bonds. The van der Waals surface area contributed by atoms with Crippen LogP contribution in [0.1, 0.15) is 31.1 Å². The van der Waals surface area contributed by atoms with Crippen molar-refractivity contribution in [3.05, 3.63) is 29.1 Å². The Balaban J connectivity index is 3.27. The van der Waals surface area contributed by atoms with Crippen LogP contribution in [0.3, 0.4) is 0 Å². The van der Waals surface area contributed by atoms with Crippen LogP contribution in [0.5, 0.6) is 0 Å². The molecule has 0 saturated heterocycles. The second-order valence-corrected chi connectivity index (χ2v) is 4.45. The Morgan fingerprint density at radius 1 is 1.24 bits per heavy atom. The van der Waals surface area contributed by atoms with Crippen LogP contribution < -0.4 is 5.73 Å².